The number of carbonyl (C=O) groups excluding carboxylic acids is 2. The molecule has 0 unspecified atom stereocenters. The molecule has 0 radical (unpaired) electrons. The molecule has 0 fully saturated rings. The van der Waals surface area contributed by atoms with Crippen molar-refractivity contribution >= 4 is 11.8 Å². The molecule has 144 valence electrons. The molecule has 0 aliphatic carbocycles. The van der Waals surface area contributed by atoms with Crippen LogP contribution in [0.2, 0.25) is 0 Å². The van der Waals surface area contributed by atoms with Crippen molar-refractivity contribution in [2.24, 2.45) is 0 Å². The van der Waals surface area contributed by atoms with Crippen LogP contribution in [0.3, 0.4) is 0 Å². The number of benzene rings is 2. The summed E-state index contributed by atoms with van der Waals surface area (Å²) in [5.74, 6) is -0.794. The van der Waals surface area contributed by atoms with E-state index in [1.807, 2.05) is 35.6 Å². The van der Waals surface area contributed by atoms with Gasteiger partial charge in [0.05, 0.1) is 0 Å². The normalized spacial score (nSPS) is 11.1. The number of carbonyl (C=O) groups is 2. The first-order chi connectivity index (χ1) is 12.7. The summed E-state index contributed by atoms with van der Waals surface area (Å²) in [4.78, 5) is 25.5. The molecule has 2 amide bonds. The fourth-order valence-corrected chi connectivity index (χ4v) is 2.49. The summed E-state index contributed by atoms with van der Waals surface area (Å²) in [5, 5.41) is 1.82. The Hall–Kier alpha value is -2.83. The topological polar surface area (TPSA) is 49.4 Å². The molecule has 27 heavy (non-hydrogen) atoms. The Balaban J connectivity index is 1.84. The summed E-state index contributed by atoms with van der Waals surface area (Å²) in [6, 6.07) is 15.9. The summed E-state index contributed by atoms with van der Waals surface area (Å²) >= 11 is 0. The molecule has 0 aliphatic rings. The van der Waals surface area contributed by atoms with Crippen LogP contribution in [0.1, 0.15) is 27.9 Å². The van der Waals surface area contributed by atoms with Crippen LogP contribution in [0, 0.1) is 0 Å². The van der Waals surface area contributed by atoms with E-state index in [-0.39, 0.29) is 11.5 Å². The SMILES string of the molecule is CN(Cc1ccc(C(=O)NCC(F)(F)F)cc1)C(=O)CCc1ccccc1. The zero-order valence-corrected chi connectivity index (χ0v) is 14.9. The Morgan fingerprint density at radius 3 is 2.19 bits per heavy atom. The van der Waals surface area contributed by atoms with Crippen LogP contribution < -0.4 is 5.32 Å². The third kappa shape index (κ3) is 7.13. The van der Waals surface area contributed by atoms with E-state index in [0.717, 1.165) is 11.1 Å². The number of rotatable bonds is 7. The molecule has 2 rings (SSSR count). The second-order valence-corrected chi connectivity index (χ2v) is 6.23. The summed E-state index contributed by atoms with van der Waals surface area (Å²) in [5.41, 5.74) is 2.02. The van der Waals surface area contributed by atoms with E-state index >= 15 is 0 Å². The molecule has 0 saturated carbocycles. The summed E-state index contributed by atoms with van der Waals surface area (Å²) in [6.45, 7) is -1.01. The van der Waals surface area contributed by atoms with Crippen molar-refractivity contribution in [1.82, 2.24) is 10.2 Å². The Morgan fingerprint density at radius 1 is 0.963 bits per heavy atom. The van der Waals surface area contributed by atoms with Crippen molar-refractivity contribution in [1.29, 1.82) is 0 Å². The van der Waals surface area contributed by atoms with Gasteiger partial charge in [-0.2, -0.15) is 13.2 Å². The predicted octanol–water partition coefficient (Wildman–Crippen LogP) is 3.57. The van der Waals surface area contributed by atoms with Crippen molar-refractivity contribution in [3.63, 3.8) is 0 Å². The highest BCUT2D eigenvalue weighted by molar-refractivity contribution is 5.94. The highest BCUT2D eigenvalue weighted by atomic mass is 19.4. The quantitative estimate of drug-likeness (QED) is 0.801. The molecule has 2 aromatic carbocycles. The molecule has 1 N–H and O–H groups in total. The largest absolute Gasteiger partial charge is 0.405 e. The number of halogens is 3. The summed E-state index contributed by atoms with van der Waals surface area (Å²) < 4.78 is 36.4. The minimum Gasteiger partial charge on any atom is -0.343 e. The first-order valence-corrected chi connectivity index (χ1v) is 8.46. The van der Waals surface area contributed by atoms with Crippen LogP contribution in [0.25, 0.3) is 0 Å². The third-order valence-electron chi connectivity index (χ3n) is 3.98. The standard InChI is InChI=1S/C20H21F3N2O2/c1-25(18(26)12-9-15-5-3-2-4-6-15)13-16-7-10-17(11-8-16)19(27)24-14-20(21,22)23/h2-8,10-11H,9,12-14H2,1H3,(H,24,27). The van der Waals surface area contributed by atoms with Gasteiger partial charge in [0.1, 0.15) is 6.54 Å². The second-order valence-electron chi connectivity index (χ2n) is 6.23. The number of amides is 2. The van der Waals surface area contributed by atoms with Gasteiger partial charge in [-0.1, -0.05) is 42.5 Å². The van der Waals surface area contributed by atoms with Gasteiger partial charge in [0.25, 0.3) is 5.91 Å². The van der Waals surface area contributed by atoms with Gasteiger partial charge < -0.3 is 10.2 Å². The average molecular weight is 378 g/mol. The molecule has 0 bridgehead atoms. The van der Waals surface area contributed by atoms with Crippen molar-refractivity contribution in [2.75, 3.05) is 13.6 Å². The Morgan fingerprint density at radius 2 is 1.59 bits per heavy atom. The number of aryl methyl sites for hydroxylation is 1. The molecule has 7 heteroatoms. The van der Waals surface area contributed by atoms with E-state index in [4.69, 9.17) is 0 Å². The fraction of sp³-hybridized carbons (Fsp3) is 0.300. The van der Waals surface area contributed by atoms with Gasteiger partial charge in [-0.3, -0.25) is 9.59 Å². The maximum atomic E-state index is 12.2. The molecule has 0 spiro atoms. The number of nitrogens with one attached hydrogen (secondary N) is 1. The van der Waals surface area contributed by atoms with Crippen LogP contribution in [-0.2, 0) is 17.8 Å². The van der Waals surface area contributed by atoms with Crippen molar-refractivity contribution in [3.8, 4) is 0 Å². The van der Waals surface area contributed by atoms with Gasteiger partial charge in [-0.05, 0) is 29.7 Å². The lowest BCUT2D eigenvalue weighted by molar-refractivity contribution is -0.130. The van der Waals surface area contributed by atoms with Gasteiger partial charge in [0, 0.05) is 25.6 Å². The molecule has 0 aromatic heterocycles. The number of hydrogen-bond acceptors (Lipinski definition) is 2. The number of hydrogen-bond donors (Lipinski definition) is 1. The lowest BCUT2D eigenvalue weighted by atomic mass is 10.1. The van der Waals surface area contributed by atoms with E-state index < -0.39 is 18.6 Å². The molecule has 0 saturated heterocycles. The van der Waals surface area contributed by atoms with Gasteiger partial charge in [-0.25, -0.2) is 0 Å². The van der Waals surface area contributed by atoms with E-state index in [1.54, 1.807) is 24.1 Å². The first kappa shape index (κ1) is 20.5. The van der Waals surface area contributed by atoms with E-state index in [0.29, 0.717) is 19.4 Å². The average Bonchev–Trinajstić information content (AvgIpc) is 2.65. The molecule has 0 heterocycles. The van der Waals surface area contributed by atoms with Crippen LogP contribution >= 0.6 is 0 Å². The molecule has 2 aromatic rings. The number of nitrogens with zero attached hydrogens (tertiary/aromatic N) is 1. The fourth-order valence-electron chi connectivity index (χ4n) is 2.49. The van der Waals surface area contributed by atoms with Crippen molar-refractivity contribution in [2.45, 2.75) is 25.6 Å². The van der Waals surface area contributed by atoms with Crippen LogP contribution in [0.15, 0.2) is 54.6 Å². The maximum Gasteiger partial charge on any atom is 0.405 e. The van der Waals surface area contributed by atoms with Gasteiger partial charge >= 0.3 is 6.18 Å². The summed E-state index contributed by atoms with van der Waals surface area (Å²) in [7, 11) is 1.69. The molecule has 0 aliphatic heterocycles. The van der Waals surface area contributed by atoms with Crippen molar-refractivity contribution in [3.05, 3.63) is 71.3 Å². The molecule has 4 nitrogen and oxygen atoms in total. The van der Waals surface area contributed by atoms with Gasteiger partial charge in [0.2, 0.25) is 5.91 Å². The Labute approximate surface area is 156 Å². The zero-order chi connectivity index (χ0) is 19.9. The van der Waals surface area contributed by atoms with E-state index in [1.165, 1.54) is 12.1 Å². The number of alkyl halides is 3. The van der Waals surface area contributed by atoms with Crippen LogP contribution in [-0.4, -0.2) is 36.5 Å². The van der Waals surface area contributed by atoms with Gasteiger partial charge in [-0.15, -0.1) is 0 Å². The van der Waals surface area contributed by atoms with Crippen LogP contribution in [0.5, 0.6) is 0 Å². The lowest BCUT2D eigenvalue weighted by Crippen LogP contribution is -2.33. The highest BCUT2D eigenvalue weighted by Gasteiger charge is 2.27. The minimum atomic E-state index is -4.45. The predicted molar refractivity (Wildman–Crippen MR) is 96.1 cm³/mol. The summed E-state index contributed by atoms with van der Waals surface area (Å²) in [6.07, 6.45) is -3.40. The monoisotopic (exact) mass is 378 g/mol. The third-order valence-corrected chi connectivity index (χ3v) is 3.98. The van der Waals surface area contributed by atoms with E-state index in [2.05, 4.69) is 0 Å². The lowest BCUT2D eigenvalue weighted by Gasteiger charge is -2.17. The first-order valence-electron chi connectivity index (χ1n) is 8.46. The second kappa shape index (κ2) is 9.21. The highest BCUT2D eigenvalue weighted by Crippen LogP contribution is 2.13. The maximum absolute atomic E-state index is 12.2. The zero-order valence-electron chi connectivity index (χ0n) is 14.9. The van der Waals surface area contributed by atoms with Gasteiger partial charge in [0.15, 0.2) is 0 Å². The Kier molecular flexibility index (Phi) is 6.98. The van der Waals surface area contributed by atoms with E-state index in [9.17, 15) is 22.8 Å². The molecular weight excluding hydrogens is 357 g/mol. The Bertz CT molecular complexity index is 759. The molecular formula is C20H21F3N2O2. The van der Waals surface area contributed by atoms with Crippen molar-refractivity contribution < 1.29 is 22.8 Å². The van der Waals surface area contributed by atoms with Crippen LogP contribution in [0.4, 0.5) is 13.2 Å². The smallest absolute Gasteiger partial charge is 0.343 e. The molecule has 0 atom stereocenters. The minimum absolute atomic E-state index is 0.00847.